The van der Waals surface area contributed by atoms with Crippen LogP contribution in [0.25, 0.3) is 11.5 Å². The van der Waals surface area contributed by atoms with Crippen LogP contribution in [-0.2, 0) is 0 Å². The summed E-state index contributed by atoms with van der Waals surface area (Å²) in [6.07, 6.45) is 0. The summed E-state index contributed by atoms with van der Waals surface area (Å²) in [6.45, 7) is 1.97. The van der Waals surface area contributed by atoms with Crippen molar-refractivity contribution in [1.29, 1.82) is 0 Å². The summed E-state index contributed by atoms with van der Waals surface area (Å²) in [6, 6.07) is 24.5. The van der Waals surface area contributed by atoms with Crippen LogP contribution in [0.4, 0.5) is 5.69 Å². The van der Waals surface area contributed by atoms with Crippen LogP contribution in [0.3, 0.4) is 0 Å². The number of hydrogen-bond acceptors (Lipinski definition) is 5. The zero-order valence-corrected chi connectivity index (χ0v) is 15.9. The van der Waals surface area contributed by atoms with Gasteiger partial charge in [-0.15, -0.1) is 10.2 Å². The highest BCUT2D eigenvalue weighted by Gasteiger charge is 2.15. The molecule has 0 saturated carbocycles. The standard InChI is InChI=1S/C22H18ClN3O2/c1-15(21-25-26-22(28-21)16-7-3-2-4-8-16)24-17-11-13-18(14-12-17)27-20-10-6-5-9-19(20)23/h2-15,24H,1H3. The number of hydrogen-bond donors (Lipinski definition) is 1. The first kappa shape index (κ1) is 18.1. The van der Waals surface area contributed by atoms with Gasteiger partial charge in [0, 0.05) is 11.3 Å². The van der Waals surface area contributed by atoms with Gasteiger partial charge in [0.05, 0.1) is 5.02 Å². The lowest BCUT2D eigenvalue weighted by Crippen LogP contribution is -2.06. The largest absolute Gasteiger partial charge is 0.456 e. The second kappa shape index (κ2) is 8.15. The average molecular weight is 392 g/mol. The molecule has 0 fully saturated rings. The Balaban J connectivity index is 1.42. The number of para-hydroxylation sites is 1. The lowest BCUT2D eigenvalue weighted by molar-refractivity contribution is 0.482. The minimum absolute atomic E-state index is 0.139. The fourth-order valence-corrected chi connectivity index (χ4v) is 2.87. The van der Waals surface area contributed by atoms with Gasteiger partial charge >= 0.3 is 0 Å². The zero-order chi connectivity index (χ0) is 19.3. The Morgan fingerprint density at radius 2 is 1.61 bits per heavy atom. The molecule has 1 aromatic heterocycles. The van der Waals surface area contributed by atoms with E-state index < -0.39 is 0 Å². The molecule has 0 saturated heterocycles. The quantitative estimate of drug-likeness (QED) is 0.414. The molecule has 5 nitrogen and oxygen atoms in total. The summed E-state index contributed by atoms with van der Waals surface area (Å²) in [5.74, 6) is 2.36. The van der Waals surface area contributed by atoms with Crippen LogP contribution >= 0.6 is 11.6 Å². The van der Waals surface area contributed by atoms with Gasteiger partial charge in [-0.25, -0.2) is 0 Å². The summed E-state index contributed by atoms with van der Waals surface area (Å²) in [5.41, 5.74) is 1.81. The number of anilines is 1. The van der Waals surface area contributed by atoms with Crippen molar-refractivity contribution in [1.82, 2.24) is 10.2 Å². The number of halogens is 1. The average Bonchev–Trinajstić information content (AvgIpc) is 3.22. The minimum Gasteiger partial charge on any atom is -0.456 e. The SMILES string of the molecule is CC(Nc1ccc(Oc2ccccc2Cl)cc1)c1nnc(-c2ccccc2)o1. The van der Waals surface area contributed by atoms with Crippen LogP contribution in [0.1, 0.15) is 18.9 Å². The van der Waals surface area contributed by atoms with Gasteiger partial charge in [0.25, 0.3) is 0 Å². The number of rotatable bonds is 6. The van der Waals surface area contributed by atoms with Crippen molar-refractivity contribution in [3.63, 3.8) is 0 Å². The van der Waals surface area contributed by atoms with Crippen molar-refractivity contribution in [2.75, 3.05) is 5.32 Å². The smallest absolute Gasteiger partial charge is 0.247 e. The van der Waals surface area contributed by atoms with E-state index in [0.29, 0.717) is 28.3 Å². The van der Waals surface area contributed by atoms with Gasteiger partial charge in [0.1, 0.15) is 17.5 Å². The third-order valence-electron chi connectivity index (χ3n) is 4.13. The number of nitrogens with one attached hydrogen (secondary N) is 1. The van der Waals surface area contributed by atoms with Crippen molar-refractivity contribution in [3.8, 4) is 23.0 Å². The molecule has 1 heterocycles. The molecule has 0 aliphatic heterocycles. The third-order valence-corrected chi connectivity index (χ3v) is 4.45. The van der Waals surface area contributed by atoms with Gasteiger partial charge in [-0.2, -0.15) is 0 Å². The highest BCUT2D eigenvalue weighted by atomic mass is 35.5. The Morgan fingerprint density at radius 3 is 2.36 bits per heavy atom. The second-order valence-electron chi connectivity index (χ2n) is 6.23. The van der Waals surface area contributed by atoms with E-state index in [9.17, 15) is 0 Å². The van der Waals surface area contributed by atoms with Crippen LogP contribution in [0, 0.1) is 0 Å². The topological polar surface area (TPSA) is 60.2 Å². The molecule has 0 bridgehead atoms. The first-order chi connectivity index (χ1) is 13.7. The fourth-order valence-electron chi connectivity index (χ4n) is 2.69. The molecule has 28 heavy (non-hydrogen) atoms. The van der Waals surface area contributed by atoms with E-state index in [-0.39, 0.29) is 6.04 Å². The van der Waals surface area contributed by atoms with Gasteiger partial charge in [-0.05, 0) is 55.5 Å². The molecule has 0 aliphatic carbocycles. The van der Waals surface area contributed by atoms with Crippen LogP contribution < -0.4 is 10.1 Å². The molecule has 140 valence electrons. The van der Waals surface area contributed by atoms with Crippen molar-refractivity contribution >= 4 is 17.3 Å². The Bertz CT molecular complexity index is 1050. The van der Waals surface area contributed by atoms with E-state index in [1.54, 1.807) is 6.07 Å². The normalized spacial score (nSPS) is 11.8. The minimum atomic E-state index is -0.139. The zero-order valence-electron chi connectivity index (χ0n) is 15.2. The number of ether oxygens (including phenoxy) is 1. The predicted molar refractivity (Wildman–Crippen MR) is 110 cm³/mol. The summed E-state index contributed by atoms with van der Waals surface area (Å²) in [4.78, 5) is 0. The molecule has 6 heteroatoms. The van der Waals surface area contributed by atoms with Crippen LogP contribution in [0.5, 0.6) is 11.5 Å². The van der Waals surface area contributed by atoms with E-state index in [0.717, 1.165) is 11.3 Å². The van der Waals surface area contributed by atoms with Crippen molar-refractivity contribution < 1.29 is 9.15 Å². The number of aromatic nitrogens is 2. The summed E-state index contributed by atoms with van der Waals surface area (Å²) in [7, 11) is 0. The van der Waals surface area contributed by atoms with Gasteiger partial charge in [0.15, 0.2) is 0 Å². The molecule has 0 spiro atoms. The molecule has 0 amide bonds. The molecular weight excluding hydrogens is 374 g/mol. The molecule has 1 atom stereocenters. The number of nitrogens with zero attached hydrogens (tertiary/aromatic N) is 2. The maximum absolute atomic E-state index is 6.13. The van der Waals surface area contributed by atoms with E-state index in [1.165, 1.54) is 0 Å². The maximum Gasteiger partial charge on any atom is 0.247 e. The predicted octanol–water partition coefficient (Wildman–Crippen LogP) is 6.36. The third kappa shape index (κ3) is 4.15. The van der Waals surface area contributed by atoms with Crippen LogP contribution in [0.15, 0.2) is 83.3 Å². The lowest BCUT2D eigenvalue weighted by Gasteiger charge is -2.12. The van der Waals surface area contributed by atoms with Crippen molar-refractivity contribution in [2.45, 2.75) is 13.0 Å². The van der Waals surface area contributed by atoms with Crippen molar-refractivity contribution in [3.05, 3.63) is 89.8 Å². The van der Waals surface area contributed by atoms with E-state index in [2.05, 4.69) is 15.5 Å². The first-order valence-electron chi connectivity index (χ1n) is 8.87. The monoisotopic (exact) mass is 391 g/mol. The molecule has 1 N–H and O–H groups in total. The molecule has 0 radical (unpaired) electrons. The molecule has 0 aliphatic rings. The van der Waals surface area contributed by atoms with Gasteiger partial charge in [-0.1, -0.05) is 41.9 Å². The van der Waals surface area contributed by atoms with E-state index >= 15 is 0 Å². The highest BCUT2D eigenvalue weighted by Crippen LogP contribution is 2.30. The second-order valence-corrected chi connectivity index (χ2v) is 6.64. The van der Waals surface area contributed by atoms with E-state index in [1.807, 2.05) is 79.7 Å². The Labute approximate surface area is 168 Å². The van der Waals surface area contributed by atoms with Gasteiger partial charge in [0.2, 0.25) is 11.8 Å². The molecule has 1 unspecified atom stereocenters. The first-order valence-corrected chi connectivity index (χ1v) is 9.24. The van der Waals surface area contributed by atoms with Crippen LogP contribution in [0.2, 0.25) is 5.02 Å². The van der Waals surface area contributed by atoms with Gasteiger partial charge < -0.3 is 14.5 Å². The molecule has 4 rings (SSSR count). The molecular formula is C22H18ClN3O2. The Hall–Kier alpha value is -3.31. The fraction of sp³-hybridized carbons (Fsp3) is 0.0909. The molecule has 3 aromatic carbocycles. The van der Waals surface area contributed by atoms with Crippen molar-refractivity contribution in [2.24, 2.45) is 0 Å². The number of benzene rings is 3. The van der Waals surface area contributed by atoms with Gasteiger partial charge in [-0.3, -0.25) is 0 Å². The summed E-state index contributed by atoms with van der Waals surface area (Å²) in [5, 5.41) is 12.2. The Kier molecular flexibility index (Phi) is 5.26. The molecule has 4 aromatic rings. The van der Waals surface area contributed by atoms with Crippen LogP contribution in [-0.4, -0.2) is 10.2 Å². The summed E-state index contributed by atoms with van der Waals surface area (Å²) >= 11 is 6.13. The summed E-state index contributed by atoms with van der Waals surface area (Å²) < 4.78 is 11.6. The highest BCUT2D eigenvalue weighted by molar-refractivity contribution is 6.32. The lowest BCUT2D eigenvalue weighted by atomic mass is 10.2. The maximum atomic E-state index is 6.13. The Morgan fingerprint density at radius 1 is 0.893 bits per heavy atom. The van der Waals surface area contributed by atoms with E-state index in [4.69, 9.17) is 20.8 Å².